The molecule has 3 atom stereocenters. The second-order valence-electron chi connectivity index (χ2n) is 10.1. The Kier molecular flexibility index (Phi) is 7.72. The monoisotopic (exact) mass is 548 g/mol. The largest absolute Gasteiger partial charge is 0.497 e. The summed E-state index contributed by atoms with van der Waals surface area (Å²) in [7, 11) is -2.60. The van der Waals surface area contributed by atoms with E-state index in [0.717, 1.165) is 16.7 Å². The average Bonchev–Trinajstić information content (AvgIpc) is 2.93. The van der Waals surface area contributed by atoms with Gasteiger partial charge in [0.25, 0.3) is 10.1 Å². The fourth-order valence-corrected chi connectivity index (χ4v) is 6.43. The molecule has 3 aliphatic rings. The Labute approximate surface area is 229 Å². The number of benzene rings is 3. The van der Waals surface area contributed by atoms with Crippen LogP contribution in [0.5, 0.6) is 5.75 Å². The number of fused-ring (bicyclic) bond motifs is 5. The fourth-order valence-electron chi connectivity index (χ4n) is 5.32. The third-order valence-electron chi connectivity index (χ3n) is 7.40. The van der Waals surface area contributed by atoms with Gasteiger partial charge in [0.15, 0.2) is 0 Å². The quantitative estimate of drug-likeness (QED) is 0.394. The number of ether oxygens (including phenoxy) is 1. The summed E-state index contributed by atoms with van der Waals surface area (Å²) in [5.41, 5.74) is 2.62. The van der Waals surface area contributed by atoms with E-state index in [1.165, 1.54) is 17.0 Å². The summed E-state index contributed by atoms with van der Waals surface area (Å²) in [6, 6.07) is 21.4. The molecule has 3 fully saturated rings. The molecule has 0 saturated carbocycles. The van der Waals surface area contributed by atoms with Crippen LogP contribution in [0.1, 0.15) is 36.0 Å². The van der Waals surface area contributed by atoms with Crippen molar-refractivity contribution in [1.29, 1.82) is 0 Å². The summed E-state index contributed by atoms with van der Waals surface area (Å²) in [4.78, 5) is 31.2. The van der Waals surface area contributed by atoms with Crippen molar-refractivity contribution in [2.24, 2.45) is 0 Å². The Morgan fingerprint density at radius 3 is 2.10 bits per heavy atom. The van der Waals surface area contributed by atoms with E-state index in [1.54, 1.807) is 36.3 Å². The van der Waals surface area contributed by atoms with Gasteiger partial charge in [0.05, 0.1) is 12.0 Å². The molecule has 8 nitrogen and oxygen atoms in total. The normalized spacial score (nSPS) is 21.5. The molecule has 0 aromatic heterocycles. The minimum Gasteiger partial charge on any atom is -0.497 e. The molecule has 0 N–H and O–H groups in total. The number of hydrogen-bond acceptors (Lipinski definition) is 6. The Hall–Kier alpha value is -3.69. The van der Waals surface area contributed by atoms with Crippen molar-refractivity contribution in [1.82, 2.24) is 9.80 Å². The molecule has 204 valence electrons. The van der Waals surface area contributed by atoms with Gasteiger partial charge >= 0.3 is 0 Å². The minimum atomic E-state index is -4.18. The molecule has 39 heavy (non-hydrogen) atoms. The molecule has 0 radical (unpaired) electrons. The predicted molar refractivity (Wildman–Crippen MR) is 145 cm³/mol. The van der Waals surface area contributed by atoms with Crippen LogP contribution >= 0.6 is 0 Å². The molecule has 3 aliphatic heterocycles. The minimum absolute atomic E-state index is 0.0190. The molecule has 3 heterocycles. The third-order valence-corrected chi connectivity index (χ3v) is 8.75. The van der Waals surface area contributed by atoms with Crippen molar-refractivity contribution < 1.29 is 26.9 Å². The van der Waals surface area contributed by atoms with Crippen molar-refractivity contribution in [3.8, 4) is 5.75 Å². The summed E-state index contributed by atoms with van der Waals surface area (Å²) in [5, 5.41) is 0. The topological polar surface area (TPSA) is 93.2 Å². The summed E-state index contributed by atoms with van der Waals surface area (Å²) in [5.74, 6) is 0.169. The van der Waals surface area contributed by atoms with Crippen molar-refractivity contribution in [2.75, 3.05) is 7.11 Å². The van der Waals surface area contributed by atoms with E-state index in [1.807, 2.05) is 49.4 Å². The first kappa shape index (κ1) is 26.9. The summed E-state index contributed by atoms with van der Waals surface area (Å²) >= 11 is 0. The zero-order valence-corrected chi connectivity index (χ0v) is 22.8. The predicted octanol–water partition coefficient (Wildman–Crippen LogP) is 4.07. The Balaban J connectivity index is 1.51. The second-order valence-corrected chi connectivity index (χ2v) is 11.6. The van der Waals surface area contributed by atoms with E-state index in [0.29, 0.717) is 25.0 Å². The second kappa shape index (κ2) is 11.2. The van der Waals surface area contributed by atoms with Gasteiger partial charge in [-0.1, -0.05) is 60.2 Å². The van der Waals surface area contributed by atoms with E-state index in [2.05, 4.69) is 0 Å². The lowest BCUT2D eigenvalue weighted by Gasteiger charge is -2.49. The maximum atomic E-state index is 14.1. The van der Waals surface area contributed by atoms with Crippen molar-refractivity contribution in [3.05, 3.63) is 95.6 Å². The number of aryl methyl sites for hydroxylation is 1. The maximum absolute atomic E-state index is 14.1. The number of carbonyl (C=O) groups is 2. The summed E-state index contributed by atoms with van der Waals surface area (Å²) in [6.07, 6.45) is 0.290. The number of hydrogen-bond donors (Lipinski definition) is 0. The number of amides is 2. The first-order chi connectivity index (χ1) is 18.8. The van der Waals surface area contributed by atoms with Crippen LogP contribution in [0, 0.1) is 6.92 Å². The van der Waals surface area contributed by atoms with Crippen LogP contribution in [0.2, 0.25) is 0 Å². The van der Waals surface area contributed by atoms with Crippen molar-refractivity contribution in [3.63, 3.8) is 0 Å². The zero-order valence-electron chi connectivity index (χ0n) is 22.0. The lowest BCUT2D eigenvalue weighted by molar-refractivity contribution is -0.170. The highest BCUT2D eigenvalue weighted by molar-refractivity contribution is 7.86. The smallest absolute Gasteiger partial charge is 0.297 e. The van der Waals surface area contributed by atoms with Gasteiger partial charge in [0.2, 0.25) is 11.8 Å². The van der Waals surface area contributed by atoms with Gasteiger partial charge < -0.3 is 14.5 Å². The van der Waals surface area contributed by atoms with E-state index in [4.69, 9.17) is 8.92 Å². The molecule has 3 saturated heterocycles. The number of piperazine rings is 1. The Bertz CT molecular complexity index is 1420. The van der Waals surface area contributed by atoms with Crippen LogP contribution in [0.4, 0.5) is 0 Å². The van der Waals surface area contributed by atoms with E-state index < -0.39 is 28.3 Å². The molecular weight excluding hydrogens is 516 g/mol. The molecule has 0 unspecified atom stereocenters. The first-order valence-corrected chi connectivity index (χ1v) is 14.5. The molecular formula is C30H32N2O6S. The molecule has 2 amide bonds. The summed E-state index contributed by atoms with van der Waals surface area (Å²) < 4.78 is 37.7. The van der Waals surface area contributed by atoms with Gasteiger partial charge in [0, 0.05) is 13.1 Å². The number of nitrogens with zero attached hydrogens (tertiary/aromatic N) is 2. The molecule has 9 heteroatoms. The maximum Gasteiger partial charge on any atom is 0.297 e. The zero-order chi connectivity index (χ0) is 27.6. The Morgan fingerprint density at radius 1 is 0.795 bits per heavy atom. The van der Waals surface area contributed by atoms with Crippen molar-refractivity contribution >= 4 is 21.9 Å². The van der Waals surface area contributed by atoms with Gasteiger partial charge in [-0.25, -0.2) is 0 Å². The lowest BCUT2D eigenvalue weighted by atomic mass is 9.89. The van der Waals surface area contributed by atoms with E-state index >= 15 is 0 Å². The van der Waals surface area contributed by atoms with Gasteiger partial charge in [-0.3, -0.25) is 13.8 Å². The van der Waals surface area contributed by atoms with Crippen LogP contribution in [0.25, 0.3) is 0 Å². The van der Waals surface area contributed by atoms with Gasteiger partial charge in [-0.2, -0.15) is 8.42 Å². The highest BCUT2D eigenvalue weighted by atomic mass is 32.2. The van der Waals surface area contributed by atoms with Crippen LogP contribution in [-0.4, -0.2) is 55.3 Å². The average molecular weight is 549 g/mol. The van der Waals surface area contributed by atoms with Gasteiger partial charge in [-0.15, -0.1) is 0 Å². The number of rotatable bonds is 8. The number of methoxy groups -OCH3 is 1. The fraction of sp³-hybridized carbons (Fsp3) is 0.333. The van der Waals surface area contributed by atoms with Crippen molar-refractivity contribution in [2.45, 2.75) is 62.4 Å². The summed E-state index contributed by atoms with van der Waals surface area (Å²) in [6.45, 7) is 2.28. The highest BCUT2D eigenvalue weighted by Crippen LogP contribution is 2.34. The first-order valence-electron chi connectivity index (χ1n) is 13.0. The molecule has 3 aromatic rings. The Morgan fingerprint density at radius 2 is 1.44 bits per heavy atom. The highest BCUT2D eigenvalue weighted by Gasteiger charge is 2.51. The van der Waals surface area contributed by atoms with Crippen LogP contribution in [0.15, 0.2) is 83.8 Å². The van der Waals surface area contributed by atoms with Gasteiger partial charge in [-0.05, 0) is 61.6 Å². The molecule has 6 rings (SSSR count). The van der Waals surface area contributed by atoms with E-state index in [9.17, 15) is 18.0 Å². The van der Waals surface area contributed by atoms with Crippen LogP contribution in [-0.2, 0) is 37.0 Å². The molecule has 3 aromatic carbocycles. The molecule has 0 aliphatic carbocycles. The molecule has 0 spiro atoms. The third kappa shape index (κ3) is 5.69. The van der Waals surface area contributed by atoms with Gasteiger partial charge in [0.1, 0.15) is 23.9 Å². The number of carbonyl (C=O) groups excluding carboxylic acids is 2. The molecule has 2 bridgehead atoms. The van der Waals surface area contributed by atoms with E-state index in [-0.39, 0.29) is 29.8 Å². The van der Waals surface area contributed by atoms with Crippen LogP contribution in [0.3, 0.4) is 0 Å². The standard InChI is InChI=1S/C30H32N2O6S/c1-21-11-17-25(18-12-21)39(35,36)38-27-10-6-9-26-29(33)32(20-23-13-15-24(37-2)16-14-23)28(27)30(34)31(26)19-22-7-4-3-5-8-22/h3-5,7-8,11-18,26-28H,6,9-10,19-20H2,1-2H3/t26-,27+,28-/m0/s1. The lowest BCUT2D eigenvalue weighted by Crippen LogP contribution is -2.68. The van der Waals surface area contributed by atoms with Crippen LogP contribution < -0.4 is 4.74 Å². The SMILES string of the molecule is COc1ccc(CN2C(=O)[C@@H]3CCC[C@@H](OS(=O)(=O)c4ccc(C)cc4)[C@H]2C(=O)N3Cc2ccccc2)cc1.